The summed E-state index contributed by atoms with van der Waals surface area (Å²) in [6.07, 6.45) is 0. The Bertz CT molecular complexity index is 610. The number of phenolic OH excluding ortho intramolecular Hbond substituents is 1. The van der Waals surface area contributed by atoms with Crippen LogP contribution in [-0.4, -0.2) is 10.00 Å². The largest absolute Gasteiger partial charge is 1.00 e. The molecule has 0 radical (unpaired) electrons. The van der Waals surface area contributed by atoms with E-state index in [4.69, 9.17) is 21.3 Å². The molecule has 8 heteroatoms. The Hall–Kier alpha value is -0.620. The summed E-state index contributed by atoms with van der Waals surface area (Å²) in [5.41, 5.74) is 0.788. The molecule has 112 valence electrons. The van der Waals surface area contributed by atoms with Gasteiger partial charge in [-0.1, -0.05) is 18.2 Å². The molecule has 22 heavy (non-hydrogen) atoms. The van der Waals surface area contributed by atoms with E-state index in [9.17, 15) is 15.1 Å². The molecule has 0 aliphatic heterocycles. The van der Waals surface area contributed by atoms with Gasteiger partial charge in [0.15, 0.2) is 11.5 Å². The maximum absolute atomic E-state index is 11.5. The number of hydrogen-bond acceptors (Lipinski definition) is 6. The zero-order valence-corrected chi connectivity index (χ0v) is 16.1. The van der Waals surface area contributed by atoms with Crippen LogP contribution >= 0.6 is 7.15 Å². The third-order valence-electron chi connectivity index (χ3n) is 2.92. The molecule has 0 saturated heterocycles. The van der Waals surface area contributed by atoms with Crippen LogP contribution in [0.25, 0.3) is 0 Å². The number of benzene rings is 2. The van der Waals surface area contributed by atoms with E-state index in [0.29, 0.717) is 11.1 Å². The van der Waals surface area contributed by atoms with Crippen LogP contribution in [0.2, 0.25) is 0 Å². The minimum absolute atomic E-state index is 0. The van der Waals surface area contributed by atoms with E-state index in [1.807, 2.05) is 0 Å². The normalized spacial score (nSPS) is 12.9. The van der Waals surface area contributed by atoms with E-state index in [1.54, 1.807) is 26.0 Å². The summed E-state index contributed by atoms with van der Waals surface area (Å²) in [4.78, 5) is 10.1. The fourth-order valence-corrected chi connectivity index (χ4v) is 3.07. The monoisotopic (exact) mass is 348 g/mol. The SMILES string of the molecule is Cc1c([O-])cccc1O[P+](O)([S-])Oc1cccc(O)c1C.[Na+]. The van der Waals surface area contributed by atoms with Gasteiger partial charge in [-0.05, 0) is 37.6 Å². The average molecular weight is 348 g/mol. The molecule has 2 N–H and O–H groups in total. The molecule has 0 aliphatic rings. The van der Waals surface area contributed by atoms with Gasteiger partial charge < -0.3 is 31.5 Å². The molecule has 0 aliphatic carbocycles. The first-order valence-corrected chi connectivity index (χ1v) is 8.66. The van der Waals surface area contributed by atoms with E-state index < -0.39 is 7.15 Å². The van der Waals surface area contributed by atoms with Gasteiger partial charge in [-0.2, -0.15) is 4.89 Å². The summed E-state index contributed by atoms with van der Waals surface area (Å²) in [6.45, 7) is 3.20. The van der Waals surface area contributed by atoms with Crippen LogP contribution in [0.5, 0.6) is 23.0 Å². The third kappa shape index (κ3) is 4.69. The van der Waals surface area contributed by atoms with E-state index in [-0.39, 0.29) is 52.6 Å². The minimum atomic E-state index is -3.65. The molecule has 0 fully saturated rings. The zero-order chi connectivity index (χ0) is 15.6. The zero-order valence-electron chi connectivity index (χ0n) is 12.4. The fraction of sp³-hybridized carbons (Fsp3) is 0.143. The molecule has 2 rings (SSSR count). The smallest absolute Gasteiger partial charge is 0.872 e. The second-order valence-electron chi connectivity index (χ2n) is 4.43. The molecular formula is C14H14NaO5PS. The van der Waals surface area contributed by atoms with Crippen LogP contribution in [0.4, 0.5) is 0 Å². The Morgan fingerprint density at radius 3 is 2.09 bits per heavy atom. The van der Waals surface area contributed by atoms with Crippen molar-refractivity contribution in [1.82, 2.24) is 0 Å². The molecule has 0 saturated carbocycles. The van der Waals surface area contributed by atoms with Crippen LogP contribution in [0, 0.1) is 13.8 Å². The van der Waals surface area contributed by atoms with Gasteiger partial charge in [0, 0.05) is 5.56 Å². The molecule has 0 amide bonds. The van der Waals surface area contributed by atoms with Crippen LogP contribution in [0.15, 0.2) is 36.4 Å². The first kappa shape index (κ1) is 19.4. The van der Waals surface area contributed by atoms with Gasteiger partial charge in [0.05, 0.1) is 0 Å². The van der Waals surface area contributed by atoms with Gasteiger partial charge in [0.1, 0.15) is 5.75 Å². The van der Waals surface area contributed by atoms with Crippen molar-refractivity contribution < 1.29 is 53.7 Å². The van der Waals surface area contributed by atoms with E-state index in [2.05, 4.69) is 0 Å². The maximum Gasteiger partial charge on any atom is 1.00 e. The average Bonchev–Trinajstić information content (AvgIpc) is 2.40. The predicted octanol–water partition coefficient (Wildman–Crippen LogP) is -0.239. The number of phenols is 1. The third-order valence-corrected chi connectivity index (χ3v) is 4.22. The van der Waals surface area contributed by atoms with Gasteiger partial charge in [-0.25, -0.2) is 0 Å². The molecule has 0 aromatic heterocycles. The second-order valence-corrected chi connectivity index (χ2v) is 7.12. The van der Waals surface area contributed by atoms with Crippen molar-refractivity contribution in [3.05, 3.63) is 47.5 Å². The van der Waals surface area contributed by atoms with Gasteiger partial charge in [0.2, 0.25) is 0 Å². The Morgan fingerprint density at radius 2 is 1.50 bits per heavy atom. The van der Waals surface area contributed by atoms with Gasteiger partial charge >= 0.3 is 36.7 Å². The van der Waals surface area contributed by atoms with Crippen molar-refractivity contribution in [2.24, 2.45) is 0 Å². The standard InChI is InChI=1S/C14H15O5PS.Na/c1-9-11(15)5-3-7-13(9)18-20(17,21)19-14-8-4-6-12(16)10(14)2;/h3-8,15-16H,1-2H3,(H,17,21);/q;+1/p-1. The number of hydrogen-bond donors (Lipinski definition) is 2. The molecule has 0 spiro atoms. The molecule has 2 aromatic rings. The van der Waals surface area contributed by atoms with Crippen molar-refractivity contribution in [3.8, 4) is 23.0 Å². The summed E-state index contributed by atoms with van der Waals surface area (Å²) in [7, 11) is -3.65. The number of rotatable bonds is 4. The number of aromatic hydroxyl groups is 1. The van der Waals surface area contributed by atoms with Crippen LogP contribution in [0.1, 0.15) is 11.1 Å². The van der Waals surface area contributed by atoms with Crippen molar-refractivity contribution in [2.45, 2.75) is 13.8 Å². The predicted molar refractivity (Wildman–Crippen MR) is 81.2 cm³/mol. The maximum atomic E-state index is 11.5. The van der Waals surface area contributed by atoms with Gasteiger partial charge in [-0.15, -0.1) is 5.75 Å². The Morgan fingerprint density at radius 1 is 1.00 bits per heavy atom. The Labute approximate surface area is 156 Å². The molecule has 0 bridgehead atoms. The van der Waals surface area contributed by atoms with Crippen molar-refractivity contribution >= 4 is 19.4 Å². The fourth-order valence-electron chi connectivity index (χ4n) is 1.66. The summed E-state index contributed by atoms with van der Waals surface area (Å²) < 4.78 is 10.6. The molecule has 1 atom stereocenters. The van der Waals surface area contributed by atoms with E-state index >= 15 is 0 Å². The van der Waals surface area contributed by atoms with Gasteiger partial charge in [-0.3, -0.25) is 0 Å². The first-order chi connectivity index (χ1) is 9.80. The van der Waals surface area contributed by atoms with Crippen molar-refractivity contribution in [1.29, 1.82) is 0 Å². The van der Waals surface area contributed by atoms with Crippen LogP contribution in [0.3, 0.4) is 0 Å². The van der Waals surface area contributed by atoms with Crippen LogP contribution in [-0.2, 0) is 12.2 Å². The summed E-state index contributed by atoms with van der Waals surface area (Å²) in [5, 5.41) is 21.1. The molecule has 1 unspecified atom stereocenters. The quantitative estimate of drug-likeness (QED) is 0.451. The first-order valence-electron chi connectivity index (χ1n) is 6.07. The molecule has 0 heterocycles. The minimum Gasteiger partial charge on any atom is -0.872 e. The van der Waals surface area contributed by atoms with E-state index in [1.165, 1.54) is 24.3 Å². The Balaban J connectivity index is 0.00000242. The topological polar surface area (TPSA) is 82.0 Å². The van der Waals surface area contributed by atoms with Crippen LogP contribution < -0.4 is 43.7 Å². The second kappa shape index (κ2) is 7.77. The van der Waals surface area contributed by atoms with E-state index in [0.717, 1.165) is 0 Å². The summed E-state index contributed by atoms with van der Waals surface area (Å²) >= 11 is 4.95. The van der Waals surface area contributed by atoms with Crippen molar-refractivity contribution in [2.75, 3.05) is 0 Å². The molecule has 2 aromatic carbocycles. The molecule has 5 nitrogen and oxygen atoms in total. The van der Waals surface area contributed by atoms with Gasteiger partial charge in [0.25, 0.3) is 0 Å². The summed E-state index contributed by atoms with van der Waals surface area (Å²) in [6, 6.07) is 9.06. The van der Waals surface area contributed by atoms with Crippen molar-refractivity contribution in [3.63, 3.8) is 0 Å². The Kier molecular flexibility index (Phi) is 6.86. The molecular weight excluding hydrogens is 334 g/mol. The summed E-state index contributed by atoms with van der Waals surface area (Å²) in [5.74, 6) is 0.235.